The second kappa shape index (κ2) is 9.62. The van der Waals surface area contributed by atoms with E-state index in [9.17, 15) is 0 Å². The van der Waals surface area contributed by atoms with Gasteiger partial charge < -0.3 is 24.1 Å². The number of benzene rings is 1. The standard InChI is InChI=1S/C20H27N3O3S/c1-3-24-18-8-7-16(12-19(18)25-4-2)9-10-23-15-22(14-21-20(23)27)13-17-6-5-11-26-17/h5-8,11-12H,3-4,9-10,13-15H2,1-2H3,(H,21,27)/p+1. The number of nitrogens with one attached hydrogen (secondary N) is 2. The third kappa shape index (κ3) is 5.37. The number of hydrogen-bond acceptors (Lipinski definition) is 4. The Kier molecular flexibility index (Phi) is 6.95. The molecule has 0 aliphatic carbocycles. The molecule has 1 aliphatic rings. The molecule has 1 atom stereocenters. The fourth-order valence-corrected chi connectivity index (χ4v) is 3.41. The molecule has 0 bridgehead atoms. The third-order valence-electron chi connectivity index (χ3n) is 4.47. The van der Waals surface area contributed by atoms with Crippen molar-refractivity contribution < 1.29 is 18.8 Å². The average molecular weight is 391 g/mol. The second-order valence-electron chi connectivity index (χ2n) is 6.48. The lowest BCUT2D eigenvalue weighted by molar-refractivity contribution is -0.928. The van der Waals surface area contributed by atoms with E-state index in [1.165, 1.54) is 10.5 Å². The van der Waals surface area contributed by atoms with E-state index >= 15 is 0 Å². The Labute approximate surface area is 166 Å². The van der Waals surface area contributed by atoms with Gasteiger partial charge in [0, 0.05) is 6.54 Å². The Morgan fingerprint density at radius 2 is 2.00 bits per heavy atom. The minimum atomic E-state index is 0.620. The molecule has 1 saturated heterocycles. The Morgan fingerprint density at radius 1 is 1.19 bits per heavy atom. The summed E-state index contributed by atoms with van der Waals surface area (Å²) >= 11 is 5.50. The molecule has 27 heavy (non-hydrogen) atoms. The molecule has 0 spiro atoms. The van der Waals surface area contributed by atoms with Gasteiger partial charge in [0.2, 0.25) is 0 Å². The highest BCUT2D eigenvalue weighted by molar-refractivity contribution is 7.80. The summed E-state index contributed by atoms with van der Waals surface area (Å²) in [4.78, 5) is 3.59. The van der Waals surface area contributed by atoms with Crippen molar-refractivity contribution >= 4 is 17.3 Å². The smallest absolute Gasteiger partial charge is 0.177 e. The topological polar surface area (TPSA) is 51.3 Å². The van der Waals surface area contributed by atoms with Gasteiger partial charge in [-0.2, -0.15) is 0 Å². The molecule has 3 rings (SSSR count). The number of ether oxygens (including phenoxy) is 2. The van der Waals surface area contributed by atoms with Gasteiger partial charge in [-0.15, -0.1) is 0 Å². The van der Waals surface area contributed by atoms with Crippen molar-refractivity contribution in [3.8, 4) is 11.5 Å². The van der Waals surface area contributed by atoms with Crippen molar-refractivity contribution in [3.05, 3.63) is 47.9 Å². The molecule has 1 aromatic carbocycles. The van der Waals surface area contributed by atoms with Crippen molar-refractivity contribution in [2.45, 2.75) is 26.8 Å². The number of nitrogens with zero attached hydrogens (tertiary/aromatic N) is 1. The number of furan rings is 1. The Balaban J connectivity index is 1.59. The average Bonchev–Trinajstić information content (AvgIpc) is 3.17. The predicted octanol–water partition coefficient (Wildman–Crippen LogP) is 1.81. The zero-order valence-corrected chi connectivity index (χ0v) is 16.8. The van der Waals surface area contributed by atoms with E-state index in [2.05, 4.69) is 22.3 Å². The maximum absolute atomic E-state index is 5.73. The van der Waals surface area contributed by atoms with Crippen molar-refractivity contribution in [2.24, 2.45) is 0 Å². The molecule has 1 aromatic heterocycles. The molecule has 1 aliphatic heterocycles. The van der Waals surface area contributed by atoms with Gasteiger partial charge in [0.15, 0.2) is 35.7 Å². The van der Waals surface area contributed by atoms with E-state index in [0.29, 0.717) is 13.2 Å². The summed E-state index contributed by atoms with van der Waals surface area (Å²) < 4.78 is 16.8. The summed E-state index contributed by atoms with van der Waals surface area (Å²) in [6, 6.07) is 10.1. The maximum atomic E-state index is 5.73. The first-order chi connectivity index (χ1) is 13.2. The second-order valence-corrected chi connectivity index (χ2v) is 6.87. The molecule has 0 saturated carbocycles. The number of rotatable bonds is 9. The number of quaternary nitrogens is 1. The molecular weight excluding hydrogens is 362 g/mol. The molecule has 2 N–H and O–H groups in total. The van der Waals surface area contributed by atoms with Crippen LogP contribution < -0.4 is 19.7 Å². The van der Waals surface area contributed by atoms with Crippen molar-refractivity contribution in [1.29, 1.82) is 0 Å². The molecule has 7 heteroatoms. The van der Waals surface area contributed by atoms with Gasteiger partial charge in [-0.3, -0.25) is 4.90 Å². The Morgan fingerprint density at radius 3 is 2.74 bits per heavy atom. The van der Waals surface area contributed by atoms with Crippen LogP contribution in [0.25, 0.3) is 0 Å². The van der Waals surface area contributed by atoms with Gasteiger partial charge in [0.25, 0.3) is 0 Å². The number of thiocarbonyl (C=S) groups is 1. The van der Waals surface area contributed by atoms with Crippen LogP contribution in [0, 0.1) is 0 Å². The first kappa shape index (κ1) is 19.5. The normalized spacial score (nSPS) is 16.9. The van der Waals surface area contributed by atoms with Gasteiger partial charge >= 0.3 is 0 Å². The van der Waals surface area contributed by atoms with Crippen molar-refractivity contribution in [3.63, 3.8) is 0 Å². The first-order valence-electron chi connectivity index (χ1n) is 9.46. The molecule has 146 valence electrons. The van der Waals surface area contributed by atoms with Crippen LogP contribution in [-0.2, 0) is 13.0 Å². The van der Waals surface area contributed by atoms with Crippen LogP contribution in [0.5, 0.6) is 11.5 Å². The molecule has 1 unspecified atom stereocenters. The predicted molar refractivity (Wildman–Crippen MR) is 108 cm³/mol. The van der Waals surface area contributed by atoms with Crippen LogP contribution in [0.3, 0.4) is 0 Å². The summed E-state index contributed by atoms with van der Waals surface area (Å²) in [6.45, 7) is 8.58. The summed E-state index contributed by atoms with van der Waals surface area (Å²) in [5.41, 5.74) is 1.21. The molecule has 1 fully saturated rings. The van der Waals surface area contributed by atoms with Crippen LogP contribution in [0.15, 0.2) is 41.0 Å². The molecule has 0 amide bonds. The maximum Gasteiger partial charge on any atom is 0.177 e. The van der Waals surface area contributed by atoms with Gasteiger partial charge in [-0.05, 0) is 62.3 Å². The fraction of sp³-hybridized carbons (Fsp3) is 0.450. The minimum absolute atomic E-state index is 0.620. The van der Waals surface area contributed by atoms with Crippen LogP contribution in [-0.4, -0.2) is 43.1 Å². The third-order valence-corrected chi connectivity index (χ3v) is 4.88. The monoisotopic (exact) mass is 390 g/mol. The van der Waals surface area contributed by atoms with Gasteiger partial charge in [0.05, 0.1) is 19.5 Å². The van der Waals surface area contributed by atoms with E-state index < -0.39 is 0 Å². The SMILES string of the molecule is CCOc1ccc(CCN2C[NH+](Cc3ccco3)CNC2=S)cc1OCC. The lowest BCUT2D eigenvalue weighted by Crippen LogP contribution is -3.16. The van der Waals surface area contributed by atoms with Crippen LogP contribution in [0.1, 0.15) is 25.2 Å². The summed E-state index contributed by atoms with van der Waals surface area (Å²) in [5, 5.41) is 4.14. The van der Waals surface area contributed by atoms with E-state index in [0.717, 1.165) is 55.2 Å². The molecule has 6 nitrogen and oxygen atoms in total. The quantitative estimate of drug-likeness (QED) is 0.637. The van der Waals surface area contributed by atoms with Crippen molar-refractivity contribution in [1.82, 2.24) is 10.2 Å². The highest BCUT2D eigenvalue weighted by Gasteiger charge is 2.24. The van der Waals surface area contributed by atoms with Gasteiger partial charge in [0.1, 0.15) is 6.54 Å². The van der Waals surface area contributed by atoms with Crippen LogP contribution in [0.4, 0.5) is 0 Å². The number of hydrogen-bond donors (Lipinski definition) is 2. The lowest BCUT2D eigenvalue weighted by atomic mass is 10.1. The zero-order chi connectivity index (χ0) is 19.1. The fourth-order valence-electron chi connectivity index (χ4n) is 3.18. The summed E-state index contributed by atoms with van der Waals surface area (Å²) in [7, 11) is 0. The molecular formula is C20H28N3O3S+. The van der Waals surface area contributed by atoms with Crippen LogP contribution in [0.2, 0.25) is 0 Å². The van der Waals surface area contributed by atoms with E-state index in [1.54, 1.807) is 6.26 Å². The summed E-state index contributed by atoms with van der Waals surface area (Å²) in [5.74, 6) is 2.60. The zero-order valence-electron chi connectivity index (χ0n) is 16.0. The Bertz CT molecular complexity index is 736. The largest absolute Gasteiger partial charge is 0.490 e. The highest BCUT2D eigenvalue weighted by atomic mass is 32.1. The Hall–Kier alpha value is -2.25. The summed E-state index contributed by atoms with van der Waals surface area (Å²) in [6.07, 6.45) is 2.61. The van der Waals surface area contributed by atoms with E-state index in [1.807, 2.05) is 32.0 Å². The molecule has 2 aromatic rings. The molecule has 0 radical (unpaired) electrons. The van der Waals surface area contributed by atoms with E-state index in [-0.39, 0.29) is 0 Å². The van der Waals surface area contributed by atoms with Crippen molar-refractivity contribution in [2.75, 3.05) is 33.1 Å². The molecule has 2 heterocycles. The lowest BCUT2D eigenvalue weighted by Gasteiger charge is -2.35. The van der Waals surface area contributed by atoms with Crippen LogP contribution >= 0.6 is 12.2 Å². The van der Waals surface area contributed by atoms with Gasteiger partial charge in [-0.25, -0.2) is 0 Å². The van der Waals surface area contributed by atoms with Gasteiger partial charge in [-0.1, -0.05) is 6.07 Å². The first-order valence-corrected chi connectivity index (χ1v) is 9.87. The minimum Gasteiger partial charge on any atom is -0.490 e. The highest BCUT2D eigenvalue weighted by Crippen LogP contribution is 2.28. The van der Waals surface area contributed by atoms with E-state index in [4.69, 9.17) is 26.1 Å².